The van der Waals surface area contributed by atoms with Gasteiger partial charge < -0.3 is 4.74 Å². The zero-order valence-electron chi connectivity index (χ0n) is 9.37. The summed E-state index contributed by atoms with van der Waals surface area (Å²) in [6, 6.07) is 8.16. The van der Waals surface area contributed by atoms with Crippen LogP contribution in [-0.2, 0) is 0 Å². The number of nitrogens with zero attached hydrogens (tertiary/aromatic N) is 1. The summed E-state index contributed by atoms with van der Waals surface area (Å²) in [6.45, 7) is 6.77. The minimum absolute atomic E-state index is 0.674. The Morgan fingerprint density at radius 2 is 2.07 bits per heavy atom. The van der Waals surface area contributed by atoms with E-state index in [0.29, 0.717) is 6.61 Å². The zero-order valence-corrected chi connectivity index (χ0v) is 9.37. The van der Waals surface area contributed by atoms with Crippen LogP contribution in [0.25, 0.3) is 10.9 Å². The van der Waals surface area contributed by atoms with Gasteiger partial charge in [0.2, 0.25) is 0 Å². The van der Waals surface area contributed by atoms with Gasteiger partial charge in [-0.25, -0.2) is 4.98 Å². The van der Waals surface area contributed by atoms with E-state index in [1.165, 1.54) is 10.9 Å². The number of benzene rings is 1. The molecule has 1 aromatic heterocycles. The van der Waals surface area contributed by atoms with Crippen molar-refractivity contribution < 1.29 is 4.74 Å². The maximum absolute atomic E-state index is 5.57. The number of aryl methyl sites for hydroxylation is 2. The molecule has 1 heterocycles. The van der Waals surface area contributed by atoms with Gasteiger partial charge in [0.15, 0.2) is 0 Å². The van der Waals surface area contributed by atoms with E-state index in [1.807, 2.05) is 26.0 Å². The van der Waals surface area contributed by atoms with Crippen LogP contribution in [0.1, 0.15) is 18.2 Å². The average molecular weight is 201 g/mol. The highest BCUT2D eigenvalue weighted by Crippen LogP contribution is 2.26. The highest BCUT2D eigenvalue weighted by Gasteiger charge is 2.05. The lowest BCUT2D eigenvalue weighted by atomic mass is 10.1. The molecule has 0 saturated carbocycles. The van der Waals surface area contributed by atoms with Crippen molar-refractivity contribution in [2.24, 2.45) is 0 Å². The molecule has 0 unspecified atom stereocenters. The highest BCUT2D eigenvalue weighted by molar-refractivity contribution is 5.87. The van der Waals surface area contributed by atoms with E-state index in [9.17, 15) is 0 Å². The molecule has 2 nitrogen and oxygen atoms in total. The van der Waals surface area contributed by atoms with Crippen LogP contribution in [0, 0.1) is 13.8 Å². The van der Waals surface area contributed by atoms with Gasteiger partial charge in [-0.15, -0.1) is 0 Å². The number of pyridine rings is 1. The summed E-state index contributed by atoms with van der Waals surface area (Å²) in [4.78, 5) is 4.53. The minimum atomic E-state index is 0.674. The first-order valence-electron chi connectivity index (χ1n) is 5.22. The van der Waals surface area contributed by atoms with Crippen molar-refractivity contribution in [2.75, 3.05) is 6.61 Å². The monoisotopic (exact) mass is 201 g/mol. The summed E-state index contributed by atoms with van der Waals surface area (Å²) < 4.78 is 5.57. The molecule has 0 spiro atoms. The zero-order chi connectivity index (χ0) is 10.8. The lowest BCUT2D eigenvalue weighted by molar-refractivity contribution is 0.343. The normalized spacial score (nSPS) is 10.6. The molecule has 0 atom stereocenters. The molecule has 15 heavy (non-hydrogen) atoms. The molecule has 0 radical (unpaired) electrons. The first-order chi connectivity index (χ1) is 7.22. The lowest BCUT2D eigenvalue weighted by Gasteiger charge is -2.09. The second kappa shape index (κ2) is 3.89. The molecule has 2 aromatic rings. The van der Waals surface area contributed by atoms with Crippen molar-refractivity contribution in [3.05, 3.63) is 35.5 Å². The van der Waals surface area contributed by atoms with Crippen LogP contribution in [0.4, 0.5) is 0 Å². The molecule has 0 aliphatic heterocycles. The van der Waals surface area contributed by atoms with Crippen molar-refractivity contribution >= 4 is 10.9 Å². The molecule has 0 amide bonds. The van der Waals surface area contributed by atoms with Gasteiger partial charge in [0, 0.05) is 11.1 Å². The largest absolute Gasteiger partial charge is 0.492 e. The molecule has 0 saturated heterocycles. The van der Waals surface area contributed by atoms with Crippen molar-refractivity contribution in [1.82, 2.24) is 4.98 Å². The third-order valence-electron chi connectivity index (χ3n) is 2.44. The predicted octanol–water partition coefficient (Wildman–Crippen LogP) is 3.25. The summed E-state index contributed by atoms with van der Waals surface area (Å²) in [6.07, 6.45) is 0. The third-order valence-corrected chi connectivity index (χ3v) is 2.44. The van der Waals surface area contributed by atoms with Crippen LogP contribution in [0.2, 0.25) is 0 Å². The summed E-state index contributed by atoms with van der Waals surface area (Å²) in [5.41, 5.74) is 3.25. The summed E-state index contributed by atoms with van der Waals surface area (Å²) in [7, 11) is 0. The fraction of sp³-hybridized carbons (Fsp3) is 0.308. The van der Waals surface area contributed by atoms with E-state index in [0.717, 1.165) is 17.0 Å². The maximum atomic E-state index is 5.57. The standard InChI is InChI=1S/C13H15NO/c1-4-15-12-7-5-6-11-9(2)8-10(3)14-13(11)12/h5-8H,4H2,1-3H3. The van der Waals surface area contributed by atoms with Gasteiger partial charge >= 0.3 is 0 Å². The second-order valence-electron chi connectivity index (χ2n) is 3.67. The van der Waals surface area contributed by atoms with Gasteiger partial charge in [-0.2, -0.15) is 0 Å². The van der Waals surface area contributed by atoms with Gasteiger partial charge in [0.1, 0.15) is 11.3 Å². The fourth-order valence-corrected chi connectivity index (χ4v) is 1.83. The first kappa shape index (κ1) is 9.97. The Kier molecular flexibility index (Phi) is 2.58. The van der Waals surface area contributed by atoms with E-state index in [1.54, 1.807) is 0 Å². The minimum Gasteiger partial charge on any atom is -0.492 e. The van der Waals surface area contributed by atoms with Gasteiger partial charge in [0.05, 0.1) is 6.61 Å². The first-order valence-corrected chi connectivity index (χ1v) is 5.22. The number of fused-ring (bicyclic) bond motifs is 1. The quantitative estimate of drug-likeness (QED) is 0.744. The van der Waals surface area contributed by atoms with Crippen LogP contribution in [0.15, 0.2) is 24.3 Å². The molecule has 2 heteroatoms. The van der Waals surface area contributed by atoms with E-state index < -0.39 is 0 Å². The molecular weight excluding hydrogens is 186 g/mol. The van der Waals surface area contributed by atoms with E-state index >= 15 is 0 Å². The van der Waals surface area contributed by atoms with Crippen LogP contribution in [-0.4, -0.2) is 11.6 Å². The average Bonchev–Trinajstić information content (AvgIpc) is 2.19. The fourth-order valence-electron chi connectivity index (χ4n) is 1.83. The Morgan fingerprint density at radius 1 is 1.27 bits per heavy atom. The molecule has 0 aliphatic rings. The highest BCUT2D eigenvalue weighted by atomic mass is 16.5. The van der Waals surface area contributed by atoms with E-state index in [4.69, 9.17) is 4.74 Å². The van der Waals surface area contributed by atoms with E-state index in [2.05, 4.69) is 24.0 Å². The Balaban J connectivity index is 2.73. The van der Waals surface area contributed by atoms with Crippen molar-refractivity contribution in [3.63, 3.8) is 0 Å². The van der Waals surface area contributed by atoms with Crippen LogP contribution >= 0.6 is 0 Å². The third kappa shape index (κ3) is 1.80. The molecule has 0 N–H and O–H groups in total. The number of hydrogen-bond donors (Lipinski definition) is 0. The van der Waals surface area contributed by atoms with Crippen LogP contribution in [0.3, 0.4) is 0 Å². The topological polar surface area (TPSA) is 22.1 Å². The summed E-state index contributed by atoms with van der Waals surface area (Å²) in [5.74, 6) is 0.877. The predicted molar refractivity (Wildman–Crippen MR) is 62.4 cm³/mol. The number of para-hydroxylation sites is 1. The van der Waals surface area contributed by atoms with Crippen molar-refractivity contribution in [2.45, 2.75) is 20.8 Å². The summed E-state index contributed by atoms with van der Waals surface area (Å²) >= 11 is 0. The van der Waals surface area contributed by atoms with Crippen molar-refractivity contribution in [1.29, 1.82) is 0 Å². The molecule has 0 bridgehead atoms. The van der Waals surface area contributed by atoms with Gasteiger partial charge in [-0.1, -0.05) is 12.1 Å². The molecule has 0 aliphatic carbocycles. The molecule has 2 rings (SSSR count). The van der Waals surface area contributed by atoms with Crippen LogP contribution in [0.5, 0.6) is 5.75 Å². The number of rotatable bonds is 2. The molecular formula is C13H15NO. The Hall–Kier alpha value is -1.57. The number of hydrogen-bond acceptors (Lipinski definition) is 2. The second-order valence-corrected chi connectivity index (χ2v) is 3.67. The molecule has 0 fully saturated rings. The Bertz CT molecular complexity index is 491. The summed E-state index contributed by atoms with van der Waals surface area (Å²) in [5, 5.41) is 1.17. The Morgan fingerprint density at radius 3 is 2.80 bits per heavy atom. The van der Waals surface area contributed by atoms with Gasteiger partial charge in [-0.05, 0) is 38.5 Å². The van der Waals surface area contributed by atoms with Gasteiger partial charge in [-0.3, -0.25) is 0 Å². The molecule has 1 aromatic carbocycles. The van der Waals surface area contributed by atoms with Gasteiger partial charge in [0.25, 0.3) is 0 Å². The SMILES string of the molecule is CCOc1cccc2c(C)cc(C)nc12. The van der Waals surface area contributed by atoms with Crippen LogP contribution < -0.4 is 4.74 Å². The molecule has 78 valence electrons. The lowest BCUT2D eigenvalue weighted by Crippen LogP contribution is -1.95. The smallest absolute Gasteiger partial charge is 0.145 e. The number of ether oxygens (including phenoxy) is 1. The van der Waals surface area contributed by atoms with Crippen molar-refractivity contribution in [3.8, 4) is 5.75 Å². The number of aromatic nitrogens is 1. The Labute approximate surface area is 89.9 Å². The maximum Gasteiger partial charge on any atom is 0.145 e. The van der Waals surface area contributed by atoms with E-state index in [-0.39, 0.29) is 0 Å².